The summed E-state index contributed by atoms with van der Waals surface area (Å²) in [5.41, 5.74) is 0.708. The molecule has 0 unspecified atom stereocenters. The van der Waals surface area contributed by atoms with Crippen molar-refractivity contribution in [2.45, 2.75) is 33.0 Å². The fourth-order valence-electron chi connectivity index (χ4n) is 1.54. The lowest BCUT2D eigenvalue weighted by molar-refractivity contribution is -0.131. The average Bonchev–Trinajstić information content (AvgIpc) is 2.36. The third kappa shape index (κ3) is 7.58. The number of hydrogen-bond donors (Lipinski definition) is 1. The molecule has 0 amide bonds. The van der Waals surface area contributed by atoms with E-state index in [2.05, 4.69) is 0 Å². The molecule has 0 saturated carbocycles. The Bertz CT molecular complexity index is 503. The molecule has 0 aliphatic rings. The summed E-state index contributed by atoms with van der Waals surface area (Å²) >= 11 is 0. The highest BCUT2D eigenvalue weighted by molar-refractivity contribution is 5.85. The van der Waals surface area contributed by atoms with E-state index in [0.717, 1.165) is 6.08 Å². The first kappa shape index (κ1) is 17.3. The van der Waals surface area contributed by atoms with Gasteiger partial charge in [-0.15, -0.1) is 0 Å². The predicted octanol–water partition coefficient (Wildman–Crippen LogP) is 3.26. The molecule has 0 saturated heterocycles. The quantitative estimate of drug-likeness (QED) is 0.620. The van der Waals surface area contributed by atoms with E-state index >= 15 is 0 Å². The van der Waals surface area contributed by atoms with Crippen LogP contribution in [0.5, 0.6) is 0 Å². The third-order valence-electron chi connectivity index (χ3n) is 2.52. The summed E-state index contributed by atoms with van der Waals surface area (Å²) in [5, 5.41) is 8.51. The monoisotopic (exact) mass is 296 g/mol. The molecule has 0 radical (unpaired) electrons. The minimum absolute atomic E-state index is 0.155. The van der Waals surface area contributed by atoms with Crippen LogP contribution < -0.4 is 0 Å². The van der Waals surface area contributed by atoms with Crippen molar-refractivity contribution >= 4 is 12.0 Å². The number of carbonyl (C=O) groups is 1. The van der Waals surface area contributed by atoms with Crippen LogP contribution in [0.1, 0.15) is 31.9 Å². The van der Waals surface area contributed by atoms with Crippen molar-refractivity contribution < 1.29 is 23.8 Å². The highest BCUT2D eigenvalue weighted by atomic mass is 19.1. The molecule has 1 aromatic carbocycles. The van der Waals surface area contributed by atoms with E-state index < -0.39 is 11.8 Å². The fraction of sp³-hybridized carbons (Fsp3) is 0.438. The van der Waals surface area contributed by atoms with Crippen molar-refractivity contribution in [3.05, 3.63) is 41.2 Å². The van der Waals surface area contributed by atoms with E-state index in [-0.39, 0.29) is 12.2 Å². The first-order chi connectivity index (χ1) is 9.78. The number of rotatable bonds is 7. The molecule has 4 nitrogen and oxygen atoms in total. The summed E-state index contributed by atoms with van der Waals surface area (Å²) in [6.07, 6.45) is 2.31. The van der Waals surface area contributed by atoms with Gasteiger partial charge in [-0.2, -0.15) is 0 Å². The van der Waals surface area contributed by atoms with Gasteiger partial charge in [-0.1, -0.05) is 12.1 Å². The number of hydrogen-bond acceptors (Lipinski definition) is 3. The van der Waals surface area contributed by atoms with Gasteiger partial charge in [-0.25, -0.2) is 9.18 Å². The molecule has 0 heterocycles. The molecule has 0 aliphatic heterocycles. The largest absolute Gasteiger partial charge is 0.478 e. The van der Waals surface area contributed by atoms with Crippen LogP contribution >= 0.6 is 0 Å². The van der Waals surface area contributed by atoms with Crippen LogP contribution in [-0.4, -0.2) is 29.9 Å². The summed E-state index contributed by atoms with van der Waals surface area (Å²) in [7, 11) is 0. The van der Waals surface area contributed by atoms with E-state index in [1.165, 1.54) is 12.1 Å². The topological polar surface area (TPSA) is 55.8 Å². The van der Waals surface area contributed by atoms with Crippen LogP contribution in [0.15, 0.2) is 24.3 Å². The first-order valence-electron chi connectivity index (χ1n) is 6.69. The van der Waals surface area contributed by atoms with E-state index in [9.17, 15) is 9.18 Å². The Morgan fingerprint density at radius 2 is 2.05 bits per heavy atom. The van der Waals surface area contributed by atoms with Crippen LogP contribution in [0.3, 0.4) is 0 Å². The zero-order chi connectivity index (χ0) is 15.9. The molecule has 0 atom stereocenters. The fourth-order valence-corrected chi connectivity index (χ4v) is 1.54. The lowest BCUT2D eigenvalue weighted by Gasteiger charge is -2.19. The molecule has 0 aromatic heterocycles. The minimum Gasteiger partial charge on any atom is -0.478 e. The van der Waals surface area contributed by atoms with Gasteiger partial charge in [-0.05, 0) is 38.5 Å². The Balaban J connectivity index is 2.44. The van der Waals surface area contributed by atoms with Crippen LogP contribution in [0.2, 0.25) is 0 Å². The maximum atomic E-state index is 13.8. The summed E-state index contributed by atoms with van der Waals surface area (Å²) in [5.74, 6) is -1.49. The molecule has 116 valence electrons. The van der Waals surface area contributed by atoms with Gasteiger partial charge in [0.1, 0.15) is 5.82 Å². The molecule has 0 bridgehead atoms. The number of carboxylic acid groups (broad SMARTS) is 1. The van der Waals surface area contributed by atoms with E-state index in [1.807, 2.05) is 20.8 Å². The number of halogens is 1. The second kappa shape index (κ2) is 7.90. The molecule has 0 aliphatic carbocycles. The maximum absolute atomic E-state index is 13.8. The minimum atomic E-state index is -1.07. The standard InChI is InChI=1S/C16H21FO4/c1-16(2,3)21-9-8-20-11-13-6-4-12(10-14(13)17)5-7-15(18)19/h4-7,10H,8-9,11H2,1-3H3,(H,18,19)/b7-5+. The van der Waals surface area contributed by atoms with Gasteiger partial charge in [0.05, 0.1) is 25.4 Å². The van der Waals surface area contributed by atoms with Crippen molar-refractivity contribution in [2.75, 3.05) is 13.2 Å². The van der Waals surface area contributed by atoms with Crippen molar-refractivity contribution in [3.8, 4) is 0 Å². The van der Waals surface area contributed by atoms with Crippen LogP contribution in [0, 0.1) is 5.82 Å². The Kier molecular flexibility index (Phi) is 6.52. The Labute approximate surface area is 124 Å². The van der Waals surface area contributed by atoms with Crippen LogP contribution in [0.25, 0.3) is 6.08 Å². The highest BCUT2D eigenvalue weighted by Crippen LogP contribution is 2.13. The lowest BCUT2D eigenvalue weighted by Crippen LogP contribution is -2.21. The Morgan fingerprint density at radius 1 is 1.33 bits per heavy atom. The lowest BCUT2D eigenvalue weighted by atomic mass is 10.1. The van der Waals surface area contributed by atoms with E-state index in [1.54, 1.807) is 12.1 Å². The normalized spacial score (nSPS) is 12.0. The highest BCUT2D eigenvalue weighted by Gasteiger charge is 2.09. The van der Waals surface area contributed by atoms with Crippen molar-refractivity contribution in [2.24, 2.45) is 0 Å². The van der Waals surface area contributed by atoms with Crippen molar-refractivity contribution in [1.29, 1.82) is 0 Å². The van der Waals surface area contributed by atoms with Gasteiger partial charge in [0.15, 0.2) is 0 Å². The van der Waals surface area contributed by atoms with Gasteiger partial charge in [0.25, 0.3) is 0 Å². The molecular formula is C16H21FO4. The smallest absolute Gasteiger partial charge is 0.328 e. The van der Waals surface area contributed by atoms with Gasteiger partial charge in [0.2, 0.25) is 0 Å². The zero-order valence-electron chi connectivity index (χ0n) is 12.6. The van der Waals surface area contributed by atoms with Gasteiger partial charge in [-0.3, -0.25) is 0 Å². The Morgan fingerprint density at radius 3 is 2.62 bits per heavy atom. The van der Waals surface area contributed by atoms with E-state index in [4.69, 9.17) is 14.6 Å². The van der Waals surface area contributed by atoms with Crippen LogP contribution in [-0.2, 0) is 20.9 Å². The number of aliphatic carboxylic acids is 1. The predicted molar refractivity (Wildman–Crippen MR) is 78.4 cm³/mol. The molecule has 5 heteroatoms. The number of ether oxygens (including phenoxy) is 2. The summed E-state index contributed by atoms with van der Waals surface area (Å²) in [6, 6.07) is 4.51. The SMILES string of the molecule is CC(C)(C)OCCOCc1ccc(/C=C/C(=O)O)cc1F. The number of benzene rings is 1. The van der Waals surface area contributed by atoms with Crippen molar-refractivity contribution in [3.63, 3.8) is 0 Å². The Hall–Kier alpha value is -1.72. The van der Waals surface area contributed by atoms with Gasteiger partial charge in [0, 0.05) is 11.6 Å². The molecule has 21 heavy (non-hydrogen) atoms. The molecular weight excluding hydrogens is 275 g/mol. The van der Waals surface area contributed by atoms with Crippen LogP contribution in [0.4, 0.5) is 4.39 Å². The first-order valence-corrected chi connectivity index (χ1v) is 6.69. The summed E-state index contributed by atoms with van der Waals surface area (Å²) in [6.45, 7) is 6.85. The number of carboxylic acids is 1. The third-order valence-corrected chi connectivity index (χ3v) is 2.52. The molecule has 1 rings (SSSR count). The summed E-state index contributed by atoms with van der Waals surface area (Å²) in [4.78, 5) is 10.4. The van der Waals surface area contributed by atoms with Gasteiger partial charge >= 0.3 is 5.97 Å². The second-order valence-corrected chi connectivity index (χ2v) is 5.54. The molecule has 1 aromatic rings. The van der Waals surface area contributed by atoms with E-state index in [0.29, 0.717) is 24.3 Å². The molecule has 0 fully saturated rings. The molecule has 0 spiro atoms. The zero-order valence-corrected chi connectivity index (χ0v) is 12.6. The molecule has 1 N–H and O–H groups in total. The summed E-state index contributed by atoms with van der Waals surface area (Å²) < 4.78 is 24.6. The average molecular weight is 296 g/mol. The maximum Gasteiger partial charge on any atom is 0.328 e. The van der Waals surface area contributed by atoms with Gasteiger partial charge < -0.3 is 14.6 Å². The van der Waals surface area contributed by atoms with Crippen molar-refractivity contribution in [1.82, 2.24) is 0 Å². The second-order valence-electron chi connectivity index (χ2n) is 5.54.